The number of carbonyl (C=O) groups excluding carboxylic acids is 1. The van der Waals surface area contributed by atoms with Crippen LogP contribution >= 0.6 is 0 Å². The molecule has 0 saturated carbocycles. The van der Waals surface area contributed by atoms with Crippen molar-refractivity contribution in [3.63, 3.8) is 0 Å². The van der Waals surface area contributed by atoms with Gasteiger partial charge in [-0.1, -0.05) is 19.4 Å². The Morgan fingerprint density at radius 3 is 2.32 bits per heavy atom. The van der Waals surface area contributed by atoms with E-state index in [0.29, 0.717) is 0 Å². The number of rotatable bonds is 6. The van der Waals surface area contributed by atoms with E-state index in [1.165, 1.54) is 0 Å². The molecule has 3 heteroatoms. The molecule has 1 rings (SSSR count). The van der Waals surface area contributed by atoms with E-state index in [9.17, 15) is 4.79 Å². The van der Waals surface area contributed by atoms with E-state index in [4.69, 9.17) is 4.74 Å². The molecule has 0 heterocycles. The second-order valence-electron chi connectivity index (χ2n) is 5.28. The molecule has 1 N–H and O–H groups in total. The normalized spacial score (nSPS) is 13.7. The molecule has 1 aromatic carbocycles. The maximum Gasteiger partial charge on any atom is 0.260 e. The number of hydrogen-bond donors (Lipinski definition) is 1. The number of benzene rings is 1. The Hall–Kier alpha value is -1.51. The van der Waals surface area contributed by atoms with Crippen LogP contribution < -0.4 is 10.1 Å². The van der Waals surface area contributed by atoms with Gasteiger partial charge in [-0.15, -0.1) is 0 Å². The van der Waals surface area contributed by atoms with E-state index in [2.05, 4.69) is 18.3 Å². The highest BCUT2D eigenvalue weighted by Gasteiger charge is 2.16. The summed E-state index contributed by atoms with van der Waals surface area (Å²) in [6.45, 7) is 9.95. The van der Waals surface area contributed by atoms with Gasteiger partial charge in [0.1, 0.15) is 5.75 Å². The van der Waals surface area contributed by atoms with Gasteiger partial charge in [0.25, 0.3) is 5.91 Å². The summed E-state index contributed by atoms with van der Waals surface area (Å²) in [5.41, 5.74) is 2.28. The van der Waals surface area contributed by atoms with E-state index >= 15 is 0 Å². The predicted octanol–water partition coefficient (Wildman–Crippen LogP) is 3.38. The van der Waals surface area contributed by atoms with Crippen molar-refractivity contribution < 1.29 is 9.53 Å². The van der Waals surface area contributed by atoms with Crippen molar-refractivity contribution in [2.45, 2.75) is 59.6 Å². The summed E-state index contributed by atoms with van der Waals surface area (Å²) in [7, 11) is 0. The minimum Gasteiger partial charge on any atom is -0.481 e. The Kier molecular flexibility index (Phi) is 5.87. The molecule has 19 heavy (non-hydrogen) atoms. The molecule has 0 aromatic heterocycles. The Morgan fingerprint density at radius 1 is 1.21 bits per heavy atom. The zero-order valence-electron chi connectivity index (χ0n) is 12.6. The molecule has 0 aliphatic heterocycles. The van der Waals surface area contributed by atoms with Crippen molar-refractivity contribution in [3.05, 3.63) is 29.3 Å². The van der Waals surface area contributed by atoms with Gasteiger partial charge in [-0.25, -0.2) is 0 Å². The van der Waals surface area contributed by atoms with Gasteiger partial charge >= 0.3 is 0 Å². The number of nitrogens with one attached hydrogen (secondary N) is 1. The van der Waals surface area contributed by atoms with Gasteiger partial charge in [0.15, 0.2) is 6.10 Å². The molecule has 1 aromatic rings. The molecular weight excluding hydrogens is 238 g/mol. The highest BCUT2D eigenvalue weighted by Crippen LogP contribution is 2.17. The van der Waals surface area contributed by atoms with Gasteiger partial charge < -0.3 is 10.1 Å². The molecule has 0 spiro atoms. The molecule has 0 bridgehead atoms. The van der Waals surface area contributed by atoms with Crippen molar-refractivity contribution >= 4 is 5.91 Å². The second kappa shape index (κ2) is 7.17. The molecule has 1 amide bonds. The van der Waals surface area contributed by atoms with Crippen LogP contribution in [-0.4, -0.2) is 18.1 Å². The van der Waals surface area contributed by atoms with Crippen LogP contribution in [0.5, 0.6) is 5.75 Å². The lowest BCUT2D eigenvalue weighted by atomic mass is 10.1. The van der Waals surface area contributed by atoms with Crippen LogP contribution in [0.1, 0.15) is 44.7 Å². The molecule has 3 nitrogen and oxygen atoms in total. The average molecular weight is 263 g/mol. The molecule has 0 fully saturated rings. The van der Waals surface area contributed by atoms with Crippen molar-refractivity contribution in [1.82, 2.24) is 5.32 Å². The first-order valence-corrected chi connectivity index (χ1v) is 6.97. The fourth-order valence-corrected chi connectivity index (χ4v) is 2.12. The largest absolute Gasteiger partial charge is 0.481 e. The maximum atomic E-state index is 12.0. The standard InChI is InChI=1S/C16H25NO2/c1-6-7-13(4)17-16(18)14(5)19-15-9-11(2)8-12(3)10-15/h8-10,13-14H,6-7H2,1-5H3,(H,17,18)/t13-,14+/m0/s1. The molecule has 0 aliphatic rings. The third-order valence-corrected chi connectivity index (χ3v) is 2.99. The lowest BCUT2D eigenvalue weighted by Gasteiger charge is -2.18. The molecule has 106 valence electrons. The molecule has 2 atom stereocenters. The van der Waals surface area contributed by atoms with E-state index in [0.717, 1.165) is 29.7 Å². The molecule has 0 saturated heterocycles. The van der Waals surface area contributed by atoms with Gasteiger partial charge in [0, 0.05) is 6.04 Å². The number of hydrogen-bond acceptors (Lipinski definition) is 2. The second-order valence-corrected chi connectivity index (χ2v) is 5.28. The quantitative estimate of drug-likeness (QED) is 0.854. The zero-order valence-corrected chi connectivity index (χ0v) is 12.6. The average Bonchev–Trinajstić information content (AvgIpc) is 2.27. The van der Waals surface area contributed by atoms with Crippen molar-refractivity contribution in [2.75, 3.05) is 0 Å². The molecule has 0 radical (unpaired) electrons. The minimum atomic E-state index is -0.472. The van der Waals surface area contributed by atoms with Crippen LogP contribution in [-0.2, 0) is 4.79 Å². The van der Waals surface area contributed by atoms with Crippen LogP contribution in [0, 0.1) is 13.8 Å². The van der Waals surface area contributed by atoms with Crippen LogP contribution in [0.4, 0.5) is 0 Å². The summed E-state index contributed by atoms with van der Waals surface area (Å²) in [5, 5.41) is 2.97. The van der Waals surface area contributed by atoms with Crippen LogP contribution in [0.3, 0.4) is 0 Å². The SMILES string of the molecule is CCC[C@H](C)NC(=O)[C@@H](C)Oc1cc(C)cc(C)c1. The Morgan fingerprint density at radius 2 is 1.79 bits per heavy atom. The minimum absolute atomic E-state index is 0.0555. The molecule has 0 unspecified atom stereocenters. The van der Waals surface area contributed by atoms with Crippen molar-refractivity contribution in [1.29, 1.82) is 0 Å². The molecular formula is C16H25NO2. The zero-order chi connectivity index (χ0) is 14.4. The van der Waals surface area contributed by atoms with Gasteiger partial charge in [0.05, 0.1) is 0 Å². The topological polar surface area (TPSA) is 38.3 Å². The summed E-state index contributed by atoms with van der Waals surface area (Å²) >= 11 is 0. The molecule has 0 aliphatic carbocycles. The third-order valence-electron chi connectivity index (χ3n) is 2.99. The smallest absolute Gasteiger partial charge is 0.260 e. The van der Waals surface area contributed by atoms with Crippen LogP contribution in [0.15, 0.2) is 18.2 Å². The highest BCUT2D eigenvalue weighted by molar-refractivity contribution is 5.80. The first-order valence-electron chi connectivity index (χ1n) is 6.97. The van der Waals surface area contributed by atoms with Gasteiger partial charge in [-0.3, -0.25) is 4.79 Å². The van der Waals surface area contributed by atoms with Crippen LogP contribution in [0.25, 0.3) is 0 Å². The van der Waals surface area contributed by atoms with Gasteiger partial charge in [0.2, 0.25) is 0 Å². The van der Waals surface area contributed by atoms with Crippen molar-refractivity contribution in [3.8, 4) is 5.75 Å². The van der Waals surface area contributed by atoms with E-state index < -0.39 is 6.10 Å². The fourth-order valence-electron chi connectivity index (χ4n) is 2.12. The highest BCUT2D eigenvalue weighted by atomic mass is 16.5. The lowest BCUT2D eigenvalue weighted by molar-refractivity contribution is -0.127. The first-order chi connectivity index (χ1) is 8.92. The maximum absolute atomic E-state index is 12.0. The predicted molar refractivity (Wildman–Crippen MR) is 78.5 cm³/mol. The van der Waals surface area contributed by atoms with Gasteiger partial charge in [-0.2, -0.15) is 0 Å². The summed E-state index contributed by atoms with van der Waals surface area (Å²) in [4.78, 5) is 12.0. The summed E-state index contributed by atoms with van der Waals surface area (Å²) in [6, 6.07) is 6.18. The number of carbonyl (C=O) groups is 1. The van der Waals surface area contributed by atoms with E-state index in [1.807, 2.05) is 32.9 Å². The Labute approximate surface area is 116 Å². The van der Waals surface area contributed by atoms with Crippen LogP contribution in [0.2, 0.25) is 0 Å². The Bertz CT molecular complexity index is 409. The fraction of sp³-hybridized carbons (Fsp3) is 0.562. The van der Waals surface area contributed by atoms with E-state index in [-0.39, 0.29) is 11.9 Å². The van der Waals surface area contributed by atoms with Gasteiger partial charge in [-0.05, 0) is 57.4 Å². The van der Waals surface area contributed by atoms with Crippen molar-refractivity contribution in [2.24, 2.45) is 0 Å². The van der Waals surface area contributed by atoms with E-state index in [1.54, 1.807) is 6.92 Å². The monoisotopic (exact) mass is 263 g/mol. The number of amides is 1. The first kappa shape index (κ1) is 15.5. The summed E-state index contributed by atoms with van der Waals surface area (Å²) < 4.78 is 5.70. The lowest BCUT2D eigenvalue weighted by Crippen LogP contribution is -2.41. The third kappa shape index (κ3) is 5.33. The Balaban J connectivity index is 2.58. The number of aryl methyl sites for hydroxylation is 2. The summed E-state index contributed by atoms with van der Waals surface area (Å²) in [6.07, 6.45) is 1.58. The number of ether oxygens (including phenoxy) is 1. The summed E-state index contributed by atoms with van der Waals surface area (Å²) in [5.74, 6) is 0.698.